The molecule has 0 aliphatic carbocycles. The largest absolute Gasteiger partial charge is 0.352 e. The highest BCUT2D eigenvalue weighted by Gasteiger charge is 2.07. The number of nitrogens with one attached hydrogen (secondary N) is 1. The third kappa shape index (κ3) is 3.08. The van der Waals surface area contributed by atoms with Gasteiger partial charge in [0.2, 0.25) is 5.91 Å². The Kier molecular flexibility index (Phi) is 3.95. The molecule has 2 aromatic carbocycles. The first kappa shape index (κ1) is 12.6. The van der Waals surface area contributed by atoms with Gasteiger partial charge in [-0.2, -0.15) is 0 Å². The van der Waals surface area contributed by atoms with E-state index in [9.17, 15) is 4.79 Å². The van der Waals surface area contributed by atoms with Crippen molar-refractivity contribution in [3.8, 4) is 0 Å². The van der Waals surface area contributed by atoms with Crippen LogP contribution >= 0.6 is 0 Å². The lowest BCUT2D eigenvalue weighted by molar-refractivity contribution is -0.120. The van der Waals surface area contributed by atoms with Crippen LogP contribution in [0.2, 0.25) is 0 Å². The molecule has 3 heteroatoms. The Morgan fingerprint density at radius 3 is 2.67 bits per heavy atom. The molecule has 0 aliphatic rings. The van der Waals surface area contributed by atoms with Gasteiger partial charge in [-0.3, -0.25) is 4.79 Å². The highest BCUT2D eigenvalue weighted by atomic mass is 16.1. The molecule has 0 saturated carbocycles. The van der Waals surface area contributed by atoms with Crippen molar-refractivity contribution < 1.29 is 4.79 Å². The van der Waals surface area contributed by atoms with Gasteiger partial charge in [0, 0.05) is 12.6 Å². The number of hydrogen-bond donors (Lipinski definition) is 2. The minimum absolute atomic E-state index is 0.0169. The van der Waals surface area contributed by atoms with Crippen molar-refractivity contribution in [3.05, 3.63) is 48.0 Å². The summed E-state index contributed by atoms with van der Waals surface area (Å²) >= 11 is 0. The van der Waals surface area contributed by atoms with E-state index in [1.165, 1.54) is 5.39 Å². The van der Waals surface area contributed by atoms with E-state index in [1.807, 2.05) is 31.2 Å². The lowest BCUT2D eigenvalue weighted by Gasteiger charge is -2.11. The van der Waals surface area contributed by atoms with Crippen LogP contribution in [0.4, 0.5) is 0 Å². The first-order chi connectivity index (χ1) is 8.69. The summed E-state index contributed by atoms with van der Waals surface area (Å²) in [5.74, 6) is 0.0169. The van der Waals surface area contributed by atoms with Crippen LogP contribution in [0.3, 0.4) is 0 Å². The molecule has 1 atom stereocenters. The number of benzene rings is 2. The first-order valence-corrected chi connectivity index (χ1v) is 6.16. The van der Waals surface area contributed by atoms with Crippen molar-refractivity contribution in [2.45, 2.75) is 19.4 Å². The van der Waals surface area contributed by atoms with Crippen LogP contribution in [0.15, 0.2) is 42.5 Å². The summed E-state index contributed by atoms with van der Waals surface area (Å²) in [7, 11) is 0. The predicted octanol–water partition coefficient (Wildman–Crippen LogP) is 1.85. The Balaban J connectivity index is 2.10. The monoisotopic (exact) mass is 242 g/mol. The first-order valence-electron chi connectivity index (χ1n) is 6.16. The van der Waals surface area contributed by atoms with E-state index in [1.54, 1.807) is 0 Å². The molecule has 0 bridgehead atoms. The number of carbonyl (C=O) groups is 1. The molecule has 0 spiro atoms. The molecular formula is C15H18N2O. The van der Waals surface area contributed by atoms with Gasteiger partial charge in [-0.25, -0.2) is 0 Å². The van der Waals surface area contributed by atoms with E-state index in [4.69, 9.17) is 5.73 Å². The van der Waals surface area contributed by atoms with E-state index in [-0.39, 0.29) is 11.9 Å². The van der Waals surface area contributed by atoms with Gasteiger partial charge < -0.3 is 11.1 Å². The molecule has 0 fully saturated rings. The zero-order chi connectivity index (χ0) is 13.0. The van der Waals surface area contributed by atoms with Crippen LogP contribution in [0.5, 0.6) is 0 Å². The third-order valence-corrected chi connectivity index (χ3v) is 2.94. The molecule has 0 saturated heterocycles. The SMILES string of the molecule is C[C@@H](CN)NC(=O)Cc1ccc2ccccc2c1. The van der Waals surface area contributed by atoms with Crippen LogP contribution in [-0.4, -0.2) is 18.5 Å². The number of fused-ring (bicyclic) bond motifs is 1. The summed E-state index contributed by atoms with van der Waals surface area (Å²) in [4.78, 5) is 11.8. The number of amides is 1. The van der Waals surface area contributed by atoms with E-state index in [0.29, 0.717) is 13.0 Å². The second kappa shape index (κ2) is 5.65. The highest BCUT2D eigenvalue weighted by molar-refractivity contribution is 5.85. The highest BCUT2D eigenvalue weighted by Crippen LogP contribution is 2.15. The van der Waals surface area contributed by atoms with Crippen molar-refractivity contribution in [1.29, 1.82) is 0 Å². The third-order valence-electron chi connectivity index (χ3n) is 2.94. The van der Waals surface area contributed by atoms with Gasteiger partial charge in [-0.15, -0.1) is 0 Å². The maximum atomic E-state index is 11.8. The summed E-state index contributed by atoms with van der Waals surface area (Å²) in [5.41, 5.74) is 6.50. The zero-order valence-corrected chi connectivity index (χ0v) is 10.5. The minimum Gasteiger partial charge on any atom is -0.352 e. The second-order valence-electron chi connectivity index (χ2n) is 4.56. The zero-order valence-electron chi connectivity index (χ0n) is 10.5. The quantitative estimate of drug-likeness (QED) is 0.859. The van der Waals surface area contributed by atoms with Crippen LogP contribution in [-0.2, 0) is 11.2 Å². The van der Waals surface area contributed by atoms with E-state index in [2.05, 4.69) is 23.5 Å². The lowest BCUT2D eigenvalue weighted by Crippen LogP contribution is -2.38. The molecule has 94 valence electrons. The van der Waals surface area contributed by atoms with Gasteiger partial charge in [0.1, 0.15) is 0 Å². The van der Waals surface area contributed by atoms with E-state index >= 15 is 0 Å². The van der Waals surface area contributed by atoms with Crippen LogP contribution < -0.4 is 11.1 Å². The lowest BCUT2D eigenvalue weighted by atomic mass is 10.0. The van der Waals surface area contributed by atoms with Crippen molar-refractivity contribution >= 4 is 16.7 Å². The standard InChI is InChI=1S/C15H18N2O/c1-11(10-16)17-15(18)9-12-6-7-13-4-2-3-5-14(13)8-12/h2-8,11H,9-10,16H2,1H3,(H,17,18)/t11-/m0/s1. The van der Waals surface area contributed by atoms with Gasteiger partial charge >= 0.3 is 0 Å². The normalized spacial score (nSPS) is 12.3. The average Bonchev–Trinajstić information content (AvgIpc) is 2.38. The van der Waals surface area contributed by atoms with Crippen LogP contribution in [0.25, 0.3) is 10.8 Å². The molecule has 1 amide bonds. The van der Waals surface area contributed by atoms with Gasteiger partial charge in [0.05, 0.1) is 6.42 Å². The summed E-state index contributed by atoms with van der Waals surface area (Å²) in [6, 6.07) is 14.3. The second-order valence-corrected chi connectivity index (χ2v) is 4.56. The van der Waals surface area contributed by atoms with E-state index < -0.39 is 0 Å². The Morgan fingerprint density at radius 1 is 1.22 bits per heavy atom. The molecule has 0 unspecified atom stereocenters. The molecule has 3 nitrogen and oxygen atoms in total. The summed E-state index contributed by atoms with van der Waals surface area (Å²) in [5, 5.41) is 5.22. The van der Waals surface area contributed by atoms with Gasteiger partial charge in [-0.1, -0.05) is 42.5 Å². The van der Waals surface area contributed by atoms with Crippen molar-refractivity contribution in [1.82, 2.24) is 5.32 Å². The summed E-state index contributed by atoms with van der Waals surface area (Å²) < 4.78 is 0. The topological polar surface area (TPSA) is 55.1 Å². The molecular weight excluding hydrogens is 224 g/mol. The minimum atomic E-state index is 0.0169. The summed E-state index contributed by atoms with van der Waals surface area (Å²) in [6.07, 6.45) is 0.398. The van der Waals surface area contributed by atoms with Gasteiger partial charge in [-0.05, 0) is 23.3 Å². The van der Waals surface area contributed by atoms with Crippen LogP contribution in [0.1, 0.15) is 12.5 Å². The Bertz CT molecular complexity index is 551. The average molecular weight is 242 g/mol. The Labute approximate surface area is 107 Å². The molecule has 2 aromatic rings. The Morgan fingerprint density at radius 2 is 1.94 bits per heavy atom. The fourth-order valence-electron chi connectivity index (χ4n) is 1.92. The van der Waals surface area contributed by atoms with E-state index in [0.717, 1.165) is 10.9 Å². The predicted molar refractivity (Wildman–Crippen MR) is 74.3 cm³/mol. The summed E-state index contributed by atoms with van der Waals surface area (Å²) in [6.45, 7) is 2.36. The van der Waals surface area contributed by atoms with Crippen LogP contribution in [0, 0.1) is 0 Å². The molecule has 0 radical (unpaired) electrons. The molecule has 18 heavy (non-hydrogen) atoms. The maximum Gasteiger partial charge on any atom is 0.224 e. The molecule has 0 aromatic heterocycles. The van der Waals surface area contributed by atoms with Crippen molar-refractivity contribution in [2.75, 3.05) is 6.54 Å². The Hall–Kier alpha value is -1.87. The fraction of sp³-hybridized carbons (Fsp3) is 0.267. The molecule has 3 N–H and O–H groups in total. The fourth-order valence-corrected chi connectivity index (χ4v) is 1.92. The van der Waals surface area contributed by atoms with Crippen molar-refractivity contribution in [3.63, 3.8) is 0 Å². The molecule has 0 heterocycles. The number of carbonyl (C=O) groups excluding carboxylic acids is 1. The smallest absolute Gasteiger partial charge is 0.224 e. The number of rotatable bonds is 4. The van der Waals surface area contributed by atoms with Crippen molar-refractivity contribution in [2.24, 2.45) is 5.73 Å². The molecule has 0 aliphatic heterocycles. The molecule has 2 rings (SSSR count). The maximum absolute atomic E-state index is 11.8. The number of nitrogens with two attached hydrogens (primary N) is 1. The van der Waals surface area contributed by atoms with Gasteiger partial charge in [0.15, 0.2) is 0 Å². The van der Waals surface area contributed by atoms with Gasteiger partial charge in [0.25, 0.3) is 0 Å². The number of hydrogen-bond acceptors (Lipinski definition) is 2.